The second-order valence-electron chi connectivity index (χ2n) is 5.53. The van der Waals surface area contributed by atoms with Gasteiger partial charge in [0.05, 0.1) is 12.2 Å². The van der Waals surface area contributed by atoms with Crippen LogP contribution in [0.3, 0.4) is 0 Å². The lowest BCUT2D eigenvalue weighted by Crippen LogP contribution is -2.38. The normalized spacial score (nSPS) is 17.4. The molecule has 1 aliphatic carbocycles. The lowest BCUT2D eigenvalue weighted by atomic mass is 10.1. The lowest BCUT2D eigenvalue weighted by molar-refractivity contribution is 0.625. The first kappa shape index (κ1) is 14.3. The molecule has 0 saturated heterocycles. The van der Waals surface area contributed by atoms with E-state index in [4.69, 9.17) is 5.73 Å². The smallest absolute Gasteiger partial charge is 0.189 e. The number of thiazole rings is 1. The maximum Gasteiger partial charge on any atom is 0.189 e. The minimum atomic E-state index is 0.475. The van der Waals surface area contributed by atoms with Crippen molar-refractivity contribution in [2.45, 2.75) is 65.0 Å². The predicted octanol–water partition coefficient (Wildman–Crippen LogP) is 2.92. The third kappa shape index (κ3) is 3.93. The zero-order chi connectivity index (χ0) is 13.8. The van der Waals surface area contributed by atoms with Crippen molar-refractivity contribution in [1.29, 1.82) is 0 Å². The second-order valence-corrected chi connectivity index (χ2v) is 6.82. The quantitative estimate of drug-likeness (QED) is 0.658. The summed E-state index contributed by atoms with van der Waals surface area (Å²) in [6, 6.07) is 0.521. The summed E-state index contributed by atoms with van der Waals surface area (Å²) in [7, 11) is 0. The molecule has 106 valence electrons. The van der Waals surface area contributed by atoms with E-state index in [2.05, 4.69) is 36.1 Å². The van der Waals surface area contributed by atoms with Gasteiger partial charge in [-0.05, 0) is 25.7 Å². The number of nitrogens with two attached hydrogens (primary N) is 1. The number of rotatable bonds is 4. The highest BCUT2D eigenvalue weighted by atomic mass is 32.1. The Morgan fingerprint density at radius 3 is 2.74 bits per heavy atom. The molecule has 5 heteroatoms. The first-order chi connectivity index (χ1) is 9.06. The highest BCUT2D eigenvalue weighted by Crippen LogP contribution is 2.24. The molecule has 0 atom stereocenters. The van der Waals surface area contributed by atoms with Gasteiger partial charge in [-0.1, -0.05) is 26.7 Å². The number of hydrogen-bond donors (Lipinski definition) is 2. The van der Waals surface area contributed by atoms with E-state index in [0.717, 1.165) is 5.01 Å². The molecule has 0 bridgehead atoms. The Balaban J connectivity index is 1.91. The van der Waals surface area contributed by atoms with Crippen LogP contribution in [-0.2, 0) is 6.54 Å². The molecule has 4 nitrogen and oxygen atoms in total. The van der Waals surface area contributed by atoms with E-state index in [1.807, 2.05) is 0 Å². The van der Waals surface area contributed by atoms with Crippen LogP contribution in [0, 0.1) is 6.92 Å². The molecule has 1 aliphatic rings. The first-order valence-electron chi connectivity index (χ1n) is 7.09. The molecule has 3 N–H and O–H groups in total. The van der Waals surface area contributed by atoms with Crippen LogP contribution in [0.1, 0.15) is 61.0 Å². The molecular formula is C14H24N4S. The second kappa shape index (κ2) is 6.37. The van der Waals surface area contributed by atoms with Gasteiger partial charge in [0, 0.05) is 10.9 Å². The van der Waals surface area contributed by atoms with E-state index in [-0.39, 0.29) is 0 Å². The molecule has 1 aromatic rings. The van der Waals surface area contributed by atoms with Crippen molar-refractivity contribution in [2.75, 3.05) is 0 Å². The maximum atomic E-state index is 5.92. The fourth-order valence-electron chi connectivity index (χ4n) is 2.55. The van der Waals surface area contributed by atoms with Gasteiger partial charge >= 0.3 is 0 Å². The summed E-state index contributed by atoms with van der Waals surface area (Å²) >= 11 is 1.73. The maximum absolute atomic E-state index is 5.92. The van der Waals surface area contributed by atoms with Crippen molar-refractivity contribution in [1.82, 2.24) is 10.3 Å². The van der Waals surface area contributed by atoms with Crippen LogP contribution in [0.25, 0.3) is 0 Å². The summed E-state index contributed by atoms with van der Waals surface area (Å²) in [6.07, 6.45) is 5.02. The Kier molecular flexibility index (Phi) is 4.80. The van der Waals surface area contributed by atoms with E-state index in [1.165, 1.54) is 36.3 Å². The third-order valence-electron chi connectivity index (χ3n) is 3.52. The van der Waals surface area contributed by atoms with Gasteiger partial charge in [-0.2, -0.15) is 0 Å². The van der Waals surface area contributed by atoms with Crippen molar-refractivity contribution < 1.29 is 0 Å². The van der Waals surface area contributed by atoms with Crippen molar-refractivity contribution in [2.24, 2.45) is 10.7 Å². The molecule has 1 saturated carbocycles. The molecule has 1 fully saturated rings. The molecule has 2 rings (SSSR count). The molecule has 19 heavy (non-hydrogen) atoms. The van der Waals surface area contributed by atoms with Gasteiger partial charge in [-0.15, -0.1) is 11.3 Å². The summed E-state index contributed by atoms with van der Waals surface area (Å²) in [5, 5.41) is 4.35. The number of aryl methyl sites for hydroxylation is 1. The fourth-order valence-corrected chi connectivity index (χ4v) is 3.56. The van der Waals surface area contributed by atoms with Gasteiger partial charge < -0.3 is 11.1 Å². The van der Waals surface area contributed by atoms with E-state index in [1.54, 1.807) is 11.3 Å². The Morgan fingerprint density at radius 2 is 2.16 bits per heavy atom. The minimum Gasteiger partial charge on any atom is -0.370 e. The van der Waals surface area contributed by atoms with Crippen LogP contribution in [0.2, 0.25) is 0 Å². The van der Waals surface area contributed by atoms with Crippen molar-refractivity contribution in [3.05, 3.63) is 15.6 Å². The summed E-state index contributed by atoms with van der Waals surface area (Å²) < 4.78 is 0. The van der Waals surface area contributed by atoms with E-state index in [9.17, 15) is 0 Å². The van der Waals surface area contributed by atoms with Gasteiger partial charge in [-0.3, -0.25) is 0 Å². The molecule has 0 aliphatic heterocycles. The average Bonchev–Trinajstić information content (AvgIpc) is 2.96. The summed E-state index contributed by atoms with van der Waals surface area (Å²) in [4.78, 5) is 10.3. The molecule has 0 spiro atoms. The van der Waals surface area contributed by atoms with Crippen LogP contribution < -0.4 is 11.1 Å². The summed E-state index contributed by atoms with van der Waals surface area (Å²) in [5.74, 6) is 1.04. The third-order valence-corrected chi connectivity index (χ3v) is 4.49. The average molecular weight is 280 g/mol. The summed E-state index contributed by atoms with van der Waals surface area (Å²) in [5.41, 5.74) is 7.11. The topological polar surface area (TPSA) is 63.3 Å². The van der Waals surface area contributed by atoms with Crippen molar-refractivity contribution in [3.8, 4) is 0 Å². The highest BCUT2D eigenvalue weighted by molar-refractivity contribution is 7.11. The van der Waals surface area contributed by atoms with Crippen LogP contribution >= 0.6 is 11.3 Å². The predicted molar refractivity (Wildman–Crippen MR) is 81.7 cm³/mol. The van der Waals surface area contributed by atoms with Crippen LogP contribution in [0.5, 0.6) is 0 Å². The van der Waals surface area contributed by atoms with Gasteiger partial charge in [0.25, 0.3) is 0 Å². The fraction of sp³-hybridized carbons (Fsp3) is 0.714. The van der Waals surface area contributed by atoms with Gasteiger partial charge in [0.15, 0.2) is 5.96 Å². The number of aromatic nitrogens is 1. The molecule has 0 radical (unpaired) electrons. The number of aliphatic imine (C=N–C) groups is 1. The van der Waals surface area contributed by atoms with Crippen LogP contribution in [-0.4, -0.2) is 17.0 Å². The Labute approximate surface area is 119 Å². The molecule has 0 amide bonds. The molecule has 1 aromatic heterocycles. The minimum absolute atomic E-state index is 0.475. The van der Waals surface area contributed by atoms with Gasteiger partial charge in [-0.25, -0.2) is 9.98 Å². The van der Waals surface area contributed by atoms with Crippen molar-refractivity contribution in [3.63, 3.8) is 0 Å². The number of hydrogen-bond acceptors (Lipinski definition) is 3. The zero-order valence-corrected chi connectivity index (χ0v) is 12.9. The Hall–Kier alpha value is -1.10. The summed E-state index contributed by atoms with van der Waals surface area (Å²) in [6.45, 7) is 7.06. The number of guanidine groups is 1. The monoisotopic (exact) mass is 280 g/mol. The number of nitrogens with zero attached hydrogens (tertiary/aromatic N) is 2. The lowest BCUT2D eigenvalue weighted by Gasteiger charge is -2.11. The highest BCUT2D eigenvalue weighted by Gasteiger charge is 2.15. The van der Waals surface area contributed by atoms with Gasteiger partial charge in [0.2, 0.25) is 0 Å². The Bertz CT molecular complexity index is 444. The van der Waals surface area contributed by atoms with Gasteiger partial charge in [0.1, 0.15) is 5.01 Å². The molecule has 0 unspecified atom stereocenters. The van der Waals surface area contributed by atoms with E-state index < -0.39 is 0 Å². The Morgan fingerprint density at radius 1 is 1.47 bits per heavy atom. The molecule has 0 aromatic carbocycles. The standard InChI is InChI=1S/C14H24N4S/c1-9(2)13-10(3)19-12(18-13)8-16-14(15)17-11-6-4-5-7-11/h9,11H,4-8H2,1-3H3,(H3,15,16,17). The van der Waals surface area contributed by atoms with E-state index >= 15 is 0 Å². The van der Waals surface area contributed by atoms with E-state index in [0.29, 0.717) is 24.5 Å². The SMILES string of the molecule is Cc1sc(CN=C(N)NC2CCCC2)nc1C(C)C. The van der Waals surface area contributed by atoms with Crippen LogP contribution in [0.15, 0.2) is 4.99 Å². The zero-order valence-electron chi connectivity index (χ0n) is 12.1. The largest absolute Gasteiger partial charge is 0.370 e. The van der Waals surface area contributed by atoms with Crippen molar-refractivity contribution >= 4 is 17.3 Å². The first-order valence-corrected chi connectivity index (χ1v) is 7.90. The molecule has 1 heterocycles. The van der Waals surface area contributed by atoms with Crippen LogP contribution in [0.4, 0.5) is 0 Å². The molecular weight excluding hydrogens is 256 g/mol. The number of nitrogens with one attached hydrogen (secondary N) is 1.